The molecule has 1 atom stereocenters. The van der Waals surface area contributed by atoms with E-state index in [0.717, 1.165) is 6.54 Å². The van der Waals surface area contributed by atoms with Crippen LogP contribution in [-0.2, 0) is 6.54 Å². The molecular weight excluding hydrogens is 148 g/mol. The Balaban J connectivity index is 2.50. The van der Waals surface area contributed by atoms with Crippen LogP contribution in [-0.4, -0.2) is 6.54 Å². The van der Waals surface area contributed by atoms with Crippen LogP contribution in [0.2, 0.25) is 0 Å². The number of hydrogen-bond donors (Lipinski definition) is 2. The molecule has 0 aromatic heterocycles. The highest BCUT2D eigenvalue weighted by Crippen LogP contribution is 2.33. The van der Waals surface area contributed by atoms with Crippen molar-refractivity contribution < 1.29 is 0 Å². The van der Waals surface area contributed by atoms with Crippen molar-refractivity contribution >= 4 is 5.69 Å². The van der Waals surface area contributed by atoms with Gasteiger partial charge in [-0.1, -0.05) is 25.1 Å². The lowest BCUT2D eigenvalue weighted by Gasteiger charge is -2.06. The van der Waals surface area contributed by atoms with Crippen molar-refractivity contribution in [3.63, 3.8) is 0 Å². The maximum atomic E-state index is 5.63. The van der Waals surface area contributed by atoms with Crippen LogP contribution in [0, 0.1) is 0 Å². The summed E-state index contributed by atoms with van der Waals surface area (Å²) in [6.45, 7) is 3.91. The van der Waals surface area contributed by atoms with Crippen LogP contribution >= 0.6 is 0 Å². The lowest BCUT2D eigenvalue weighted by atomic mass is 10.0. The van der Waals surface area contributed by atoms with Gasteiger partial charge in [0, 0.05) is 24.7 Å². The first kappa shape index (κ1) is 7.62. The molecule has 1 unspecified atom stereocenters. The first-order valence-electron chi connectivity index (χ1n) is 4.38. The topological polar surface area (TPSA) is 38.0 Å². The molecule has 0 radical (unpaired) electrons. The summed E-state index contributed by atoms with van der Waals surface area (Å²) in [5.74, 6) is 0.631. The monoisotopic (exact) mass is 162 g/mol. The smallest absolute Gasteiger partial charge is 0.0421 e. The number of rotatable bonds is 1. The summed E-state index contributed by atoms with van der Waals surface area (Å²) in [5, 5.41) is 3.39. The van der Waals surface area contributed by atoms with Crippen LogP contribution < -0.4 is 11.1 Å². The molecule has 0 saturated carbocycles. The molecule has 0 bridgehead atoms. The molecule has 1 aliphatic heterocycles. The molecule has 1 heterocycles. The van der Waals surface area contributed by atoms with Gasteiger partial charge in [0.05, 0.1) is 0 Å². The molecule has 0 aliphatic carbocycles. The van der Waals surface area contributed by atoms with E-state index in [1.165, 1.54) is 16.8 Å². The summed E-state index contributed by atoms with van der Waals surface area (Å²) in [6.07, 6.45) is 0. The molecule has 0 spiro atoms. The van der Waals surface area contributed by atoms with Crippen molar-refractivity contribution in [2.24, 2.45) is 5.73 Å². The predicted molar refractivity (Wildman–Crippen MR) is 51.2 cm³/mol. The van der Waals surface area contributed by atoms with Gasteiger partial charge in [-0.25, -0.2) is 0 Å². The Morgan fingerprint density at radius 2 is 2.42 bits per heavy atom. The molecule has 0 fully saturated rings. The highest BCUT2D eigenvalue weighted by molar-refractivity contribution is 5.62. The van der Waals surface area contributed by atoms with Gasteiger partial charge in [0.25, 0.3) is 0 Å². The van der Waals surface area contributed by atoms with E-state index < -0.39 is 0 Å². The minimum atomic E-state index is 0.628. The minimum Gasteiger partial charge on any atom is -0.384 e. The van der Waals surface area contributed by atoms with E-state index in [1.807, 2.05) is 0 Å². The molecule has 1 aromatic rings. The molecular formula is C10H14N2. The average Bonchev–Trinajstić information content (AvgIpc) is 2.48. The standard InChI is InChI=1S/C10H14N2/c1-7-6-12-10-8(5-11)3-2-4-9(7)10/h2-4,7,12H,5-6,11H2,1H3. The molecule has 64 valence electrons. The number of fused-ring (bicyclic) bond motifs is 1. The van der Waals surface area contributed by atoms with Crippen LogP contribution in [0.25, 0.3) is 0 Å². The number of para-hydroxylation sites is 1. The second kappa shape index (κ2) is 2.79. The van der Waals surface area contributed by atoms with Crippen molar-refractivity contribution in [2.45, 2.75) is 19.4 Å². The Hall–Kier alpha value is -1.02. The fraction of sp³-hybridized carbons (Fsp3) is 0.400. The quantitative estimate of drug-likeness (QED) is 0.659. The molecule has 12 heavy (non-hydrogen) atoms. The van der Waals surface area contributed by atoms with Crippen LogP contribution in [0.1, 0.15) is 24.0 Å². The number of hydrogen-bond acceptors (Lipinski definition) is 2. The summed E-state index contributed by atoms with van der Waals surface area (Å²) in [5.41, 5.74) is 9.55. The maximum Gasteiger partial charge on any atom is 0.0421 e. The van der Waals surface area contributed by atoms with Crippen molar-refractivity contribution in [3.8, 4) is 0 Å². The molecule has 2 nitrogen and oxygen atoms in total. The number of anilines is 1. The van der Waals surface area contributed by atoms with Gasteiger partial charge in [0.1, 0.15) is 0 Å². The van der Waals surface area contributed by atoms with E-state index >= 15 is 0 Å². The number of nitrogens with one attached hydrogen (secondary N) is 1. The van der Waals surface area contributed by atoms with Crippen LogP contribution in [0.3, 0.4) is 0 Å². The third-order valence-corrected chi connectivity index (χ3v) is 2.52. The Labute approximate surface area is 72.8 Å². The molecule has 1 aliphatic rings. The zero-order chi connectivity index (χ0) is 8.55. The Morgan fingerprint density at radius 3 is 3.17 bits per heavy atom. The highest BCUT2D eigenvalue weighted by Gasteiger charge is 2.19. The van der Waals surface area contributed by atoms with Gasteiger partial charge in [-0.05, 0) is 11.1 Å². The third-order valence-electron chi connectivity index (χ3n) is 2.52. The normalized spacial score (nSPS) is 20.3. The fourth-order valence-electron chi connectivity index (χ4n) is 1.78. The predicted octanol–water partition coefficient (Wildman–Crippen LogP) is 1.67. The first-order chi connectivity index (χ1) is 5.83. The Kier molecular flexibility index (Phi) is 1.77. The fourth-order valence-corrected chi connectivity index (χ4v) is 1.78. The number of nitrogens with two attached hydrogens (primary N) is 1. The summed E-state index contributed by atoms with van der Waals surface area (Å²) < 4.78 is 0. The molecule has 3 N–H and O–H groups in total. The van der Waals surface area contributed by atoms with Gasteiger partial charge in [0.2, 0.25) is 0 Å². The summed E-state index contributed by atoms with van der Waals surface area (Å²) in [4.78, 5) is 0. The van der Waals surface area contributed by atoms with E-state index in [-0.39, 0.29) is 0 Å². The van der Waals surface area contributed by atoms with Crippen LogP contribution in [0.4, 0.5) is 5.69 Å². The SMILES string of the molecule is CC1CNc2c(CN)cccc21. The van der Waals surface area contributed by atoms with E-state index in [0.29, 0.717) is 12.5 Å². The molecule has 0 amide bonds. The largest absolute Gasteiger partial charge is 0.384 e. The summed E-state index contributed by atoms with van der Waals surface area (Å²) >= 11 is 0. The molecule has 0 saturated heterocycles. The molecule has 1 aromatic carbocycles. The zero-order valence-corrected chi connectivity index (χ0v) is 7.30. The van der Waals surface area contributed by atoms with Gasteiger partial charge in [-0.2, -0.15) is 0 Å². The highest BCUT2D eigenvalue weighted by atomic mass is 14.9. The average molecular weight is 162 g/mol. The van der Waals surface area contributed by atoms with Gasteiger partial charge in [0.15, 0.2) is 0 Å². The number of benzene rings is 1. The molecule has 2 rings (SSSR count). The van der Waals surface area contributed by atoms with E-state index in [4.69, 9.17) is 5.73 Å². The van der Waals surface area contributed by atoms with Gasteiger partial charge in [-0.3, -0.25) is 0 Å². The van der Waals surface area contributed by atoms with Crippen molar-refractivity contribution in [3.05, 3.63) is 29.3 Å². The zero-order valence-electron chi connectivity index (χ0n) is 7.30. The minimum absolute atomic E-state index is 0.628. The second-order valence-corrected chi connectivity index (χ2v) is 3.37. The van der Waals surface area contributed by atoms with Crippen LogP contribution in [0.15, 0.2) is 18.2 Å². The van der Waals surface area contributed by atoms with Crippen molar-refractivity contribution in [1.29, 1.82) is 0 Å². The maximum absolute atomic E-state index is 5.63. The van der Waals surface area contributed by atoms with Crippen molar-refractivity contribution in [1.82, 2.24) is 0 Å². The lowest BCUT2D eigenvalue weighted by molar-refractivity contribution is 0.854. The first-order valence-corrected chi connectivity index (χ1v) is 4.38. The Morgan fingerprint density at radius 1 is 1.58 bits per heavy atom. The van der Waals surface area contributed by atoms with E-state index in [1.54, 1.807) is 0 Å². The van der Waals surface area contributed by atoms with Gasteiger partial charge < -0.3 is 11.1 Å². The van der Waals surface area contributed by atoms with E-state index in [2.05, 4.69) is 30.4 Å². The Bertz CT molecular complexity index is 294. The lowest BCUT2D eigenvalue weighted by Crippen LogP contribution is -2.01. The van der Waals surface area contributed by atoms with Crippen LogP contribution in [0.5, 0.6) is 0 Å². The summed E-state index contributed by atoms with van der Waals surface area (Å²) in [7, 11) is 0. The second-order valence-electron chi connectivity index (χ2n) is 3.37. The summed E-state index contributed by atoms with van der Waals surface area (Å²) in [6, 6.07) is 6.35. The van der Waals surface area contributed by atoms with Crippen molar-refractivity contribution in [2.75, 3.05) is 11.9 Å². The van der Waals surface area contributed by atoms with Gasteiger partial charge >= 0.3 is 0 Å². The third kappa shape index (κ3) is 0.994. The molecule has 2 heteroatoms. The van der Waals surface area contributed by atoms with E-state index in [9.17, 15) is 0 Å². The van der Waals surface area contributed by atoms with Gasteiger partial charge in [-0.15, -0.1) is 0 Å².